The number of hydrogen-bond donors (Lipinski definition) is 1. The van der Waals surface area contributed by atoms with Gasteiger partial charge in [-0.2, -0.15) is 4.31 Å². The molecule has 174 valence electrons. The number of amides is 1. The molecule has 1 saturated heterocycles. The van der Waals surface area contributed by atoms with E-state index in [1.807, 2.05) is 0 Å². The Balaban J connectivity index is 1.47. The fourth-order valence-corrected chi connectivity index (χ4v) is 5.04. The smallest absolute Gasteiger partial charge is 0.322 e. The quantitative estimate of drug-likeness (QED) is 0.556. The maximum atomic E-state index is 12.8. The molecule has 0 unspecified atom stereocenters. The third-order valence-electron chi connectivity index (χ3n) is 5.31. The first kappa shape index (κ1) is 22.7. The van der Waals surface area contributed by atoms with Crippen molar-refractivity contribution >= 4 is 21.9 Å². The third-order valence-corrected chi connectivity index (χ3v) is 7.23. The normalized spacial score (nSPS) is 14.6. The number of benzene rings is 2. The van der Waals surface area contributed by atoms with Crippen LogP contribution in [0, 0.1) is 0 Å². The highest BCUT2D eigenvalue weighted by Crippen LogP contribution is 2.29. The molecule has 1 fully saturated rings. The lowest BCUT2D eigenvalue weighted by atomic mass is 10.2. The zero-order chi connectivity index (χ0) is 23.4. The second-order valence-corrected chi connectivity index (χ2v) is 9.39. The first-order chi connectivity index (χ1) is 15.9. The number of sulfonamides is 1. The summed E-state index contributed by atoms with van der Waals surface area (Å²) >= 11 is 0. The van der Waals surface area contributed by atoms with E-state index >= 15 is 0 Å². The van der Waals surface area contributed by atoms with E-state index in [4.69, 9.17) is 13.9 Å². The molecule has 11 heteroatoms. The van der Waals surface area contributed by atoms with Crippen molar-refractivity contribution in [1.82, 2.24) is 14.5 Å². The summed E-state index contributed by atoms with van der Waals surface area (Å²) in [6.45, 7) is 1.03. The van der Waals surface area contributed by atoms with Crippen LogP contribution in [0.2, 0.25) is 0 Å². The predicted molar refractivity (Wildman–Crippen MR) is 120 cm³/mol. The van der Waals surface area contributed by atoms with Crippen LogP contribution < -0.4 is 14.8 Å². The lowest BCUT2D eigenvalue weighted by Gasteiger charge is -2.25. The van der Waals surface area contributed by atoms with Crippen LogP contribution in [0.15, 0.2) is 51.8 Å². The van der Waals surface area contributed by atoms with Gasteiger partial charge in [0.2, 0.25) is 15.9 Å². The van der Waals surface area contributed by atoms with Gasteiger partial charge in [0.25, 0.3) is 5.91 Å². The van der Waals surface area contributed by atoms with Crippen molar-refractivity contribution in [3.63, 3.8) is 0 Å². The van der Waals surface area contributed by atoms with Gasteiger partial charge in [-0.25, -0.2) is 8.42 Å². The summed E-state index contributed by atoms with van der Waals surface area (Å²) in [6.07, 6.45) is 2.75. The molecular formula is C22H24N4O6S. The van der Waals surface area contributed by atoms with Crippen LogP contribution in [0.25, 0.3) is 11.5 Å². The van der Waals surface area contributed by atoms with E-state index in [2.05, 4.69) is 15.5 Å². The predicted octanol–water partition coefficient (Wildman–Crippen LogP) is 3.18. The number of ether oxygens (including phenoxy) is 2. The number of carbonyl (C=O) groups is 1. The average Bonchev–Trinajstić information content (AvgIpc) is 3.32. The van der Waals surface area contributed by atoms with E-state index < -0.39 is 15.9 Å². The van der Waals surface area contributed by atoms with Crippen LogP contribution in [0.1, 0.15) is 29.6 Å². The van der Waals surface area contributed by atoms with Gasteiger partial charge in [0.1, 0.15) is 11.5 Å². The second kappa shape index (κ2) is 9.59. The van der Waals surface area contributed by atoms with Crippen LogP contribution in [0.5, 0.6) is 11.5 Å². The molecule has 0 bridgehead atoms. The van der Waals surface area contributed by atoms with E-state index in [9.17, 15) is 13.2 Å². The standard InChI is InChI=1S/C22H24N4O6S/c1-30-17-12-16(13-18(14-17)31-2)21-24-25-22(32-21)23-20(27)15-6-8-19(9-7-15)33(28,29)26-10-4-3-5-11-26/h6-9,12-14H,3-5,10-11H2,1-2H3,(H,23,25,27). The Kier molecular flexibility index (Phi) is 6.61. The van der Waals surface area contributed by atoms with Gasteiger partial charge in [0.15, 0.2) is 0 Å². The van der Waals surface area contributed by atoms with Crippen LogP contribution in [-0.4, -0.2) is 56.1 Å². The van der Waals surface area contributed by atoms with Gasteiger partial charge in [-0.15, -0.1) is 5.10 Å². The first-order valence-electron chi connectivity index (χ1n) is 10.4. The molecule has 0 spiro atoms. The lowest BCUT2D eigenvalue weighted by molar-refractivity contribution is 0.102. The molecule has 2 heterocycles. The molecule has 0 atom stereocenters. The zero-order valence-corrected chi connectivity index (χ0v) is 19.1. The van der Waals surface area contributed by atoms with E-state index in [0.717, 1.165) is 19.3 Å². The Morgan fingerprint density at radius 1 is 0.970 bits per heavy atom. The van der Waals surface area contributed by atoms with Gasteiger partial charge in [0.05, 0.1) is 19.1 Å². The number of anilines is 1. The molecule has 0 aliphatic carbocycles. The molecule has 1 amide bonds. The molecule has 10 nitrogen and oxygen atoms in total. The van der Waals surface area contributed by atoms with E-state index in [1.165, 1.54) is 42.8 Å². The SMILES string of the molecule is COc1cc(OC)cc(-c2nnc(NC(=O)c3ccc(S(=O)(=O)N4CCCCC4)cc3)o2)c1. The second-order valence-electron chi connectivity index (χ2n) is 7.46. The van der Waals surface area contributed by atoms with Crippen molar-refractivity contribution in [2.45, 2.75) is 24.2 Å². The van der Waals surface area contributed by atoms with Crippen LogP contribution in [0.3, 0.4) is 0 Å². The van der Waals surface area contributed by atoms with Crippen molar-refractivity contribution in [1.29, 1.82) is 0 Å². The molecule has 1 N–H and O–H groups in total. The topological polar surface area (TPSA) is 124 Å². The molecule has 1 aromatic heterocycles. The van der Waals surface area contributed by atoms with Crippen LogP contribution >= 0.6 is 0 Å². The van der Waals surface area contributed by atoms with Crippen molar-refractivity contribution in [3.05, 3.63) is 48.0 Å². The van der Waals surface area contributed by atoms with Crippen molar-refractivity contribution in [3.8, 4) is 23.0 Å². The first-order valence-corrected chi connectivity index (χ1v) is 11.8. The summed E-state index contributed by atoms with van der Waals surface area (Å²) in [5.41, 5.74) is 0.821. The van der Waals surface area contributed by atoms with Gasteiger partial charge in [-0.1, -0.05) is 11.5 Å². The number of hydrogen-bond acceptors (Lipinski definition) is 8. The third kappa shape index (κ3) is 4.99. The lowest BCUT2D eigenvalue weighted by Crippen LogP contribution is -2.35. The summed E-state index contributed by atoms with van der Waals surface area (Å²) in [5.74, 6) is 0.765. The fourth-order valence-electron chi connectivity index (χ4n) is 3.52. The van der Waals surface area contributed by atoms with Crippen LogP contribution in [0.4, 0.5) is 6.01 Å². The van der Waals surface area contributed by atoms with Crippen molar-refractivity contribution < 1.29 is 27.1 Å². The highest BCUT2D eigenvalue weighted by molar-refractivity contribution is 7.89. The molecule has 3 aromatic rings. The molecule has 1 aliphatic heterocycles. The molecule has 1 aliphatic rings. The number of rotatable bonds is 7. The molecule has 33 heavy (non-hydrogen) atoms. The van der Waals surface area contributed by atoms with Crippen LogP contribution in [-0.2, 0) is 10.0 Å². The molecule has 2 aromatic carbocycles. The Morgan fingerprint density at radius 2 is 1.61 bits per heavy atom. The summed E-state index contributed by atoms with van der Waals surface area (Å²) in [6, 6.07) is 10.8. The Morgan fingerprint density at radius 3 is 2.21 bits per heavy atom. The minimum Gasteiger partial charge on any atom is -0.497 e. The highest BCUT2D eigenvalue weighted by atomic mass is 32.2. The maximum absolute atomic E-state index is 12.8. The van der Waals surface area contributed by atoms with Gasteiger partial charge in [0, 0.05) is 30.3 Å². The van der Waals surface area contributed by atoms with Gasteiger partial charge >= 0.3 is 6.01 Å². The summed E-state index contributed by atoms with van der Waals surface area (Å²) in [5, 5.41) is 10.3. The maximum Gasteiger partial charge on any atom is 0.322 e. The Hall–Kier alpha value is -3.44. The number of methoxy groups -OCH3 is 2. The Bertz CT molecular complexity index is 1210. The average molecular weight is 473 g/mol. The van der Waals surface area contributed by atoms with E-state index in [0.29, 0.717) is 30.2 Å². The molecular weight excluding hydrogens is 448 g/mol. The highest BCUT2D eigenvalue weighted by Gasteiger charge is 2.26. The number of piperidine rings is 1. The van der Waals surface area contributed by atoms with E-state index in [-0.39, 0.29) is 22.4 Å². The molecule has 0 saturated carbocycles. The molecule has 4 rings (SSSR count). The number of carbonyl (C=O) groups excluding carboxylic acids is 1. The van der Waals surface area contributed by atoms with Gasteiger partial charge in [-0.3, -0.25) is 10.1 Å². The molecule has 0 radical (unpaired) electrons. The number of aromatic nitrogens is 2. The van der Waals surface area contributed by atoms with Gasteiger partial charge in [-0.05, 0) is 49.2 Å². The summed E-state index contributed by atoms with van der Waals surface area (Å²) in [4.78, 5) is 12.7. The van der Waals surface area contributed by atoms with Gasteiger partial charge < -0.3 is 13.9 Å². The monoisotopic (exact) mass is 472 g/mol. The number of nitrogens with zero attached hydrogens (tertiary/aromatic N) is 3. The zero-order valence-electron chi connectivity index (χ0n) is 18.3. The minimum atomic E-state index is -3.56. The summed E-state index contributed by atoms with van der Waals surface area (Å²) < 4.78 is 43.0. The van der Waals surface area contributed by atoms with Crippen molar-refractivity contribution in [2.75, 3.05) is 32.6 Å². The summed E-state index contributed by atoms with van der Waals surface area (Å²) in [7, 11) is -0.504. The Labute approximate surface area is 191 Å². The minimum absolute atomic E-state index is 0.0956. The number of nitrogens with one attached hydrogen (secondary N) is 1. The largest absolute Gasteiger partial charge is 0.497 e. The van der Waals surface area contributed by atoms with E-state index in [1.54, 1.807) is 18.2 Å². The fraction of sp³-hybridized carbons (Fsp3) is 0.318. The van der Waals surface area contributed by atoms with Crippen molar-refractivity contribution in [2.24, 2.45) is 0 Å².